The summed E-state index contributed by atoms with van der Waals surface area (Å²) in [5.41, 5.74) is 0. The van der Waals surface area contributed by atoms with Crippen LogP contribution in [0, 0.1) is 0 Å². The van der Waals surface area contributed by atoms with Crippen LogP contribution in [0.5, 0.6) is 0 Å². The second-order valence-corrected chi connectivity index (χ2v) is 12.6. The van der Waals surface area contributed by atoms with Crippen molar-refractivity contribution in [3.05, 3.63) is 0 Å². The van der Waals surface area contributed by atoms with Crippen LogP contribution in [0.4, 0.5) is 4.79 Å². The van der Waals surface area contributed by atoms with Gasteiger partial charge in [0.1, 0.15) is 18.3 Å². The van der Waals surface area contributed by atoms with E-state index in [1.54, 1.807) is 0 Å². The Labute approximate surface area is 143 Å². The van der Waals surface area contributed by atoms with Gasteiger partial charge in [-0.1, -0.05) is 20.8 Å². The number of nitrogens with one attached hydrogen (secondary N) is 1. The highest BCUT2D eigenvalue weighted by molar-refractivity contribution is 6.74. The summed E-state index contributed by atoms with van der Waals surface area (Å²) >= 11 is 0. The lowest BCUT2D eigenvalue weighted by Gasteiger charge is -2.42. The first kappa shape index (κ1) is 19.3. The molecule has 2 fully saturated rings. The van der Waals surface area contributed by atoms with Gasteiger partial charge in [0.25, 0.3) is 0 Å². The van der Waals surface area contributed by atoms with Gasteiger partial charge in [0.05, 0.1) is 6.61 Å². The van der Waals surface area contributed by atoms with Gasteiger partial charge >= 0.3 is 6.03 Å². The smallest absolute Gasteiger partial charge is 0.326 e. The predicted octanol–water partition coefficient (Wildman–Crippen LogP) is 0.397. The van der Waals surface area contributed by atoms with E-state index in [2.05, 4.69) is 26.1 Å². The fourth-order valence-corrected chi connectivity index (χ4v) is 3.87. The Bertz CT molecular complexity index is 507. The summed E-state index contributed by atoms with van der Waals surface area (Å²) in [4.78, 5) is 24.8. The van der Waals surface area contributed by atoms with E-state index < -0.39 is 38.9 Å². The quantitative estimate of drug-likeness (QED) is 0.626. The Morgan fingerprint density at radius 1 is 1.38 bits per heavy atom. The number of carbonyl (C=O) groups excluding carboxylic acids is 2. The third-order valence-electron chi connectivity index (χ3n) is 5.12. The fraction of sp³-hybridized carbons (Fsp3) is 0.867. The summed E-state index contributed by atoms with van der Waals surface area (Å²) in [5.74, 6) is -0.338. The van der Waals surface area contributed by atoms with Crippen LogP contribution in [-0.4, -0.2) is 73.1 Å². The number of nitrogens with zero attached hydrogens (tertiary/aromatic N) is 1. The number of hydrogen-bond acceptors (Lipinski definition) is 6. The van der Waals surface area contributed by atoms with E-state index in [1.165, 1.54) is 4.90 Å². The maximum Gasteiger partial charge on any atom is 0.326 e. The van der Waals surface area contributed by atoms with Crippen LogP contribution >= 0.6 is 0 Å². The number of amides is 3. The zero-order valence-corrected chi connectivity index (χ0v) is 15.9. The lowest BCUT2D eigenvalue weighted by molar-refractivity contribution is -0.125. The van der Waals surface area contributed by atoms with E-state index in [9.17, 15) is 19.8 Å². The minimum atomic E-state index is -2.24. The standard InChI is InChI=1S/C15H28N2O6Si/c1-15(2,3)24(4,5)23-12-11(20)9(8-18)22-13(12)17-7-6-10(19)16-14(17)21/h9,11-13,18,20H,6-8H2,1-5H3,(H,16,19,21)/t9-,11-,12-,13-/m1/s1. The molecule has 2 heterocycles. The minimum absolute atomic E-state index is 0.0886. The average Bonchev–Trinajstić information content (AvgIpc) is 2.74. The molecule has 0 radical (unpaired) electrons. The molecule has 0 aromatic heterocycles. The third-order valence-corrected chi connectivity index (χ3v) is 9.60. The molecule has 138 valence electrons. The number of aliphatic hydroxyl groups is 2. The van der Waals surface area contributed by atoms with Gasteiger partial charge in [-0.15, -0.1) is 0 Å². The van der Waals surface area contributed by atoms with Crippen molar-refractivity contribution in [2.24, 2.45) is 0 Å². The predicted molar refractivity (Wildman–Crippen MR) is 88.7 cm³/mol. The molecule has 2 aliphatic heterocycles. The van der Waals surface area contributed by atoms with Crippen molar-refractivity contribution < 1.29 is 29.0 Å². The number of aliphatic hydroxyl groups excluding tert-OH is 2. The molecule has 0 bridgehead atoms. The van der Waals surface area contributed by atoms with Gasteiger partial charge in [0.2, 0.25) is 5.91 Å². The van der Waals surface area contributed by atoms with Gasteiger partial charge in [-0.2, -0.15) is 0 Å². The van der Waals surface area contributed by atoms with E-state index in [0.717, 1.165) is 0 Å². The van der Waals surface area contributed by atoms with Crippen molar-refractivity contribution in [2.75, 3.05) is 13.2 Å². The number of carbonyl (C=O) groups is 2. The second-order valence-electron chi connectivity index (χ2n) is 7.88. The van der Waals surface area contributed by atoms with Crippen molar-refractivity contribution in [1.29, 1.82) is 0 Å². The average molecular weight is 360 g/mol. The number of rotatable bonds is 4. The largest absolute Gasteiger partial charge is 0.407 e. The fourth-order valence-electron chi connectivity index (χ4n) is 2.58. The first-order valence-corrected chi connectivity index (χ1v) is 11.1. The molecular formula is C15H28N2O6Si. The van der Waals surface area contributed by atoms with Gasteiger partial charge in [-0.25, -0.2) is 4.79 Å². The first-order valence-electron chi connectivity index (χ1n) is 8.20. The van der Waals surface area contributed by atoms with Gasteiger partial charge in [-0.05, 0) is 18.1 Å². The molecule has 3 N–H and O–H groups in total. The lowest BCUT2D eigenvalue weighted by Crippen LogP contribution is -2.59. The molecule has 2 rings (SSSR count). The SMILES string of the molecule is CC(C)(C)[Si](C)(C)O[C@@H]1[C@H](O)[C@@H](CO)O[C@H]1N1CCC(=O)NC1=O. The van der Waals surface area contributed by atoms with Crippen molar-refractivity contribution >= 4 is 20.3 Å². The Morgan fingerprint density at radius 3 is 2.50 bits per heavy atom. The zero-order chi connectivity index (χ0) is 18.3. The van der Waals surface area contributed by atoms with Crippen LogP contribution in [0.1, 0.15) is 27.2 Å². The van der Waals surface area contributed by atoms with Crippen LogP contribution in [0.2, 0.25) is 18.1 Å². The lowest BCUT2D eigenvalue weighted by atomic mass is 10.1. The highest BCUT2D eigenvalue weighted by Crippen LogP contribution is 2.40. The van der Waals surface area contributed by atoms with Crippen molar-refractivity contribution in [3.63, 3.8) is 0 Å². The van der Waals surface area contributed by atoms with Gasteiger partial charge in [0.15, 0.2) is 14.5 Å². The number of imide groups is 1. The molecule has 0 spiro atoms. The summed E-state index contributed by atoms with van der Waals surface area (Å²) in [7, 11) is -2.24. The van der Waals surface area contributed by atoms with E-state index in [1.807, 2.05) is 13.1 Å². The summed E-state index contributed by atoms with van der Waals surface area (Å²) < 4.78 is 12.0. The highest BCUT2D eigenvalue weighted by atomic mass is 28.4. The summed E-state index contributed by atoms with van der Waals surface area (Å²) in [6.07, 6.45) is -3.30. The van der Waals surface area contributed by atoms with Gasteiger partial charge in [-0.3, -0.25) is 15.0 Å². The Hall–Kier alpha value is -1.00. The van der Waals surface area contributed by atoms with Crippen LogP contribution < -0.4 is 5.32 Å². The van der Waals surface area contributed by atoms with E-state index >= 15 is 0 Å². The molecule has 8 nitrogen and oxygen atoms in total. The van der Waals surface area contributed by atoms with Crippen molar-refractivity contribution in [2.45, 2.75) is 69.9 Å². The van der Waals surface area contributed by atoms with Crippen LogP contribution in [-0.2, 0) is 14.0 Å². The highest BCUT2D eigenvalue weighted by Gasteiger charge is 2.52. The van der Waals surface area contributed by atoms with Crippen molar-refractivity contribution in [1.82, 2.24) is 10.2 Å². The normalized spacial score (nSPS) is 32.2. The molecule has 2 aliphatic rings. The minimum Gasteiger partial charge on any atom is -0.407 e. The molecular weight excluding hydrogens is 332 g/mol. The van der Waals surface area contributed by atoms with Gasteiger partial charge < -0.3 is 19.4 Å². The molecule has 0 saturated carbocycles. The van der Waals surface area contributed by atoms with E-state index in [4.69, 9.17) is 9.16 Å². The molecule has 0 aromatic carbocycles. The summed E-state index contributed by atoms with van der Waals surface area (Å²) in [6.45, 7) is 10.1. The van der Waals surface area contributed by atoms with Gasteiger partial charge in [0, 0.05) is 13.0 Å². The zero-order valence-electron chi connectivity index (χ0n) is 14.9. The Balaban J connectivity index is 2.24. The monoisotopic (exact) mass is 360 g/mol. The molecule has 0 aromatic rings. The van der Waals surface area contributed by atoms with Crippen LogP contribution in [0.3, 0.4) is 0 Å². The van der Waals surface area contributed by atoms with Crippen molar-refractivity contribution in [3.8, 4) is 0 Å². The Morgan fingerprint density at radius 2 is 2.00 bits per heavy atom. The Kier molecular flexibility index (Phi) is 5.41. The van der Waals surface area contributed by atoms with Crippen LogP contribution in [0.15, 0.2) is 0 Å². The molecule has 3 amide bonds. The molecule has 24 heavy (non-hydrogen) atoms. The molecule has 0 unspecified atom stereocenters. The first-order chi connectivity index (χ1) is 11.0. The third kappa shape index (κ3) is 3.64. The number of ether oxygens (including phenoxy) is 1. The molecule has 4 atom stereocenters. The summed E-state index contributed by atoms with van der Waals surface area (Å²) in [6, 6.07) is -0.564. The molecule has 0 aliphatic carbocycles. The molecule has 2 saturated heterocycles. The maximum atomic E-state index is 12.1. The summed E-state index contributed by atoms with van der Waals surface area (Å²) in [5, 5.41) is 22.1. The number of hydrogen-bond donors (Lipinski definition) is 3. The maximum absolute atomic E-state index is 12.1. The number of urea groups is 1. The van der Waals surface area contributed by atoms with Crippen LogP contribution in [0.25, 0.3) is 0 Å². The van der Waals surface area contributed by atoms with E-state index in [-0.39, 0.29) is 30.5 Å². The van der Waals surface area contributed by atoms with E-state index in [0.29, 0.717) is 0 Å². The molecule has 9 heteroatoms. The second kappa shape index (κ2) is 6.72. The topological polar surface area (TPSA) is 108 Å².